The first kappa shape index (κ1) is 23.9. The molecule has 7 heteroatoms. The molecule has 2 aromatic carbocycles. The van der Waals surface area contributed by atoms with Crippen molar-refractivity contribution in [3.63, 3.8) is 0 Å². The van der Waals surface area contributed by atoms with Gasteiger partial charge in [-0.15, -0.1) is 0 Å². The van der Waals surface area contributed by atoms with Gasteiger partial charge >= 0.3 is 0 Å². The van der Waals surface area contributed by atoms with E-state index in [4.69, 9.17) is 4.74 Å². The minimum absolute atomic E-state index is 0.0329. The molecule has 0 saturated carbocycles. The second kappa shape index (κ2) is 10.1. The van der Waals surface area contributed by atoms with E-state index < -0.39 is 10.0 Å². The van der Waals surface area contributed by atoms with Crippen molar-refractivity contribution in [2.75, 3.05) is 13.2 Å². The largest absolute Gasteiger partial charge is 0.494 e. The van der Waals surface area contributed by atoms with Crippen molar-refractivity contribution in [3.8, 4) is 5.75 Å². The molecule has 0 aliphatic heterocycles. The summed E-state index contributed by atoms with van der Waals surface area (Å²) in [7, 11) is -3.65. The Labute approximate surface area is 180 Å². The van der Waals surface area contributed by atoms with E-state index in [1.165, 1.54) is 0 Å². The molecule has 0 radical (unpaired) electrons. The van der Waals surface area contributed by atoms with Gasteiger partial charge in [-0.25, -0.2) is 13.1 Å². The number of carbonyl (C=O) groups is 1. The van der Waals surface area contributed by atoms with Crippen LogP contribution in [0.2, 0.25) is 0 Å². The fraction of sp³-hybridized carbons (Fsp3) is 0.435. The van der Waals surface area contributed by atoms with Gasteiger partial charge in [0.15, 0.2) is 0 Å². The molecule has 0 bridgehead atoms. The van der Waals surface area contributed by atoms with Gasteiger partial charge in [-0.05, 0) is 54.7 Å². The Hall–Kier alpha value is -2.38. The number of hydrogen-bond acceptors (Lipinski definition) is 4. The molecule has 1 amide bonds. The molecule has 6 nitrogen and oxygen atoms in total. The maximum atomic E-state index is 12.4. The molecule has 0 saturated heterocycles. The first-order valence-corrected chi connectivity index (χ1v) is 11.6. The highest BCUT2D eigenvalue weighted by Gasteiger charge is 2.18. The molecule has 164 valence electrons. The van der Waals surface area contributed by atoms with Gasteiger partial charge in [-0.1, -0.05) is 45.0 Å². The van der Waals surface area contributed by atoms with E-state index in [2.05, 4.69) is 30.8 Å². The fourth-order valence-electron chi connectivity index (χ4n) is 2.93. The molecule has 0 aromatic heterocycles. The highest BCUT2D eigenvalue weighted by atomic mass is 32.2. The fourth-order valence-corrected chi connectivity index (χ4v) is 3.96. The van der Waals surface area contributed by atoms with Gasteiger partial charge in [-0.2, -0.15) is 0 Å². The molecule has 30 heavy (non-hydrogen) atoms. The Morgan fingerprint density at radius 3 is 2.17 bits per heavy atom. The number of rotatable bonds is 9. The molecular weight excluding hydrogens is 400 g/mol. The Kier molecular flexibility index (Phi) is 8.03. The van der Waals surface area contributed by atoms with Crippen LogP contribution < -0.4 is 14.8 Å². The average molecular weight is 433 g/mol. The highest BCUT2D eigenvalue weighted by Crippen LogP contribution is 2.23. The molecule has 1 unspecified atom stereocenters. The third-order valence-electron chi connectivity index (χ3n) is 4.74. The number of benzene rings is 2. The third kappa shape index (κ3) is 6.85. The molecular formula is C23H32N2O4S. The van der Waals surface area contributed by atoms with Crippen molar-refractivity contribution in [1.82, 2.24) is 10.0 Å². The Balaban J connectivity index is 1.85. The number of amides is 1. The predicted octanol–water partition coefficient (Wildman–Crippen LogP) is 3.93. The van der Waals surface area contributed by atoms with E-state index in [0.717, 1.165) is 16.9 Å². The van der Waals surface area contributed by atoms with E-state index in [0.29, 0.717) is 6.61 Å². The summed E-state index contributed by atoms with van der Waals surface area (Å²) in [6.07, 6.45) is 0.0562. The zero-order valence-corrected chi connectivity index (χ0v) is 19.2. The second-order valence-electron chi connectivity index (χ2n) is 8.21. The number of ether oxygens (including phenoxy) is 1. The number of carbonyl (C=O) groups excluding carboxylic acids is 1. The number of nitrogens with one attached hydrogen (secondary N) is 2. The van der Waals surface area contributed by atoms with Crippen LogP contribution in [0.3, 0.4) is 0 Å². The average Bonchev–Trinajstić information content (AvgIpc) is 2.68. The molecule has 1 atom stereocenters. The van der Waals surface area contributed by atoms with E-state index in [-0.39, 0.29) is 35.2 Å². The first-order chi connectivity index (χ1) is 14.0. The maximum absolute atomic E-state index is 12.4. The lowest BCUT2D eigenvalue weighted by Crippen LogP contribution is -2.32. The van der Waals surface area contributed by atoms with Crippen LogP contribution in [0.5, 0.6) is 5.75 Å². The zero-order valence-electron chi connectivity index (χ0n) is 18.4. The van der Waals surface area contributed by atoms with Crippen molar-refractivity contribution < 1.29 is 17.9 Å². The van der Waals surface area contributed by atoms with E-state index in [1.54, 1.807) is 12.1 Å². The monoisotopic (exact) mass is 432 g/mol. The molecule has 0 heterocycles. The molecule has 0 aliphatic carbocycles. The quantitative estimate of drug-likeness (QED) is 0.629. The summed E-state index contributed by atoms with van der Waals surface area (Å²) >= 11 is 0. The normalized spacial score (nSPS) is 13.0. The smallest absolute Gasteiger partial charge is 0.240 e. The maximum Gasteiger partial charge on any atom is 0.240 e. The van der Waals surface area contributed by atoms with Crippen LogP contribution in [0.1, 0.15) is 58.2 Å². The van der Waals surface area contributed by atoms with Gasteiger partial charge in [0, 0.05) is 13.0 Å². The summed E-state index contributed by atoms with van der Waals surface area (Å²) in [4.78, 5) is 12.4. The standard InChI is InChI=1S/C23H32N2O4S/c1-6-29-20-11-7-18(8-12-20)17(2)25-22(26)15-16-24-30(27,28)21-13-9-19(10-14-21)23(3,4)5/h7-14,17,24H,6,15-16H2,1-5H3,(H,25,26). The van der Waals surface area contributed by atoms with Crippen molar-refractivity contribution >= 4 is 15.9 Å². The van der Waals surface area contributed by atoms with Crippen LogP contribution in [0, 0.1) is 0 Å². The summed E-state index contributed by atoms with van der Waals surface area (Å²) in [5.74, 6) is 0.562. The molecule has 0 spiro atoms. The van der Waals surface area contributed by atoms with Crippen molar-refractivity contribution in [3.05, 3.63) is 59.7 Å². The van der Waals surface area contributed by atoms with Crippen molar-refractivity contribution in [2.45, 2.75) is 57.4 Å². The van der Waals surface area contributed by atoms with Gasteiger partial charge in [0.25, 0.3) is 0 Å². The van der Waals surface area contributed by atoms with Crippen LogP contribution in [0.4, 0.5) is 0 Å². The molecule has 0 aliphatic rings. The minimum atomic E-state index is -3.65. The lowest BCUT2D eigenvalue weighted by atomic mass is 9.87. The van der Waals surface area contributed by atoms with Crippen LogP contribution >= 0.6 is 0 Å². The second-order valence-corrected chi connectivity index (χ2v) is 9.98. The van der Waals surface area contributed by atoms with Crippen LogP contribution in [0.25, 0.3) is 0 Å². The zero-order chi connectivity index (χ0) is 22.4. The third-order valence-corrected chi connectivity index (χ3v) is 6.22. The Morgan fingerprint density at radius 1 is 1.03 bits per heavy atom. The Bertz CT molecular complexity index is 931. The highest BCUT2D eigenvalue weighted by molar-refractivity contribution is 7.89. The lowest BCUT2D eigenvalue weighted by molar-refractivity contribution is -0.121. The summed E-state index contributed by atoms with van der Waals surface area (Å²) in [5, 5.41) is 2.88. The molecule has 0 fully saturated rings. The molecule has 2 N–H and O–H groups in total. The summed E-state index contributed by atoms with van der Waals surface area (Å²) in [6.45, 7) is 10.7. The van der Waals surface area contributed by atoms with Crippen LogP contribution in [0.15, 0.2) is 53.4 Å². The van der Waals surface area contributed by atoms with Gasteiger partial charge in [0.05, 0.1) is 17.5 Å². The first-order valence-electron chi connectivity index (χ1n) is 10.2. The van der Waals surface area contributed by atoms with Crippen molar-refractivity contribution in [1.29, 1.82) is 0 Å². The number of sulfonamides is 1. The lowest BCUT2D eigenvalue weighted by Gasteiger charge is -2.19. The predicted molar refractivity (Wildman–Crippen MR) is 119 cm³/mol. The summed E-state index contributed by atoms with van der Waals surface area (Å²) in [6, 6.07) is 14.2. The minimum Gasteiger partial charge on any atom is -0.494 e. The summed E-state index contributed by atoms with van der Waals surface area (Å²) < 4.78 is 32.8. The van der Waals surface area contributed by atoms with Crippen LogP contribution in [-0.2, 0) is 20.2 Å². The van der Waals surface area contributed by atoms with Gasteiger partial charge < -0.3 is 10.1 Å². The van der Waals surface area contributed by atoms with Gasteiger partial charge in [0.1, 0.15) is 5.75 Å². The SMILES string of the molecule is CCOc1ccc(C(C)NC(=O)CCNS(=O)(=O)c2ccc(C(C)(C)C)cc2)cc1. The Morgan fingerprint density at radius 2 is 1.63 bits per heavy atom. The van der Waals surface area contributed by atoms with Crippen LogP contribution in [-0.4, -0.2) is 27.5 Å². The number of hydrogen-bond donors (Lipinski definition) is 2. The topological polar surface area (TPSA) is 84.5 Å². The van der Waals surface area contributed by atoms with E-state index in [9.17, 15) is 13.2 Å². The van der Waals surface area contributed by atoms with Gasteiger partial charge in [0.2, 0.25) is 15.9 Å². The molecule has 2 aromatic rings. The van der Waals surface area contributed by atoms with Crippen molar-refractivity contribution in [2.24, 2.45) is 0 Å². The van der Waals surface area contributed by atoms with E-state index in [1.807, 2.05) is 50.2 Å². The summed E-state index contributed by atoms with van der Waals surface area (Å²) in [5.41, 5.74) is 1.96. The van der Waals surface area contributed by atoms with Gasteiger partial charge in [-0.3, -0.25) is 4.79 Å². The van der Waals surface area contributed by atoms with E-state index >= 15 is 0 Å². The molecule has 2 rings (SSSR count).